The Hall–Kier alpha value is -3.73. The standard InChI is InChI=1S/C31H31NO4/c1-20-27(30(34)36-17-16-35-22-12-5-4-6-13-22)28(24-15-9-11-21-10-7-8-14-23(21)24)29-25(32-20)18-31(2,3)19-26(29)33/h4-15,27-28H,16-19H2,1-3H3/t27?,28-/m1/s1. The molecular weight excluding hydrogens is 450 g/mol. The minimum Gasteiger partial charge on any atom is -0.490 e. The molecule has 3 aromatic rings. The second kappa shape index (κ2) is 9.73. The first kappa shape index (κ1) is 24.0. The summed E-state index contributed by atoms with van der Waals surface area (Å²) in [5.41, 5.74) is 2.96. The van der Waals surface area contributed by atoms with Crippen molar-refractivity contribution in [3.63, 3.8) is 0 Å². The number of rotatable bonds is 6. The zero-order chi connectivity index (χ0) is 25.3. The van der Waals surface area contributed by atoms with Gasteiger partial charge < -0.3 is 9.47 Å². The van der Waals surface area contributed by atoms with Crippen molar-refractivity contribution >= 4 is 28.2 Å². The lowest BCUT2D eigenvalue weighted by atomic mass is 9.66. The lowest BCUT2D eigenvalue weighted by Crippen LogP contribution is -2.39. The summed E-state index contributed by atoms with van der Waals surface area (Å²) in [4.78, 5) is 31.9. The molecule has 0 saturated carbocycles. The summed E-state index contributed by atoms with van der Waals surface area (Å²) >= 11 is 0. The number of Topliss-reactive ketones (excluding diaryl/α,β-unsaturated/α-hetero) is 1. The number of hydrogen-bond donors (Lipinski definition) is 0. The summed E-state index contributed by atoms with van der Waals surface area (Å²) in [6.07, 6.45) is 1.15. The number of fused-ring (bicyclic) bond motifs is 1. The molecule has 1 heterocycles. The van der Waals surface area contributed by atoms with E-state index >= 15 is 0 Å². The average molecular weight is 482 g/mol. The van der Waals surface area contributed by atoms with Crippen LogP contribution in [0.1, 0.15) is 45.1 Å². The van der Waals surface area contributed by atoms with Gasteiger partial charge in [-0.1, -0.05) is 74.5 Å². The van der Waals surface area contributed by atoms with Gasteiger partial charge in [-0.25, -0.2) is 0 Å². The van der Waals surface area contributed by atoms with Crippen molar-refractivity contribution in [1.82, 2.24) is 0 Å². The minimum atomic E-state index is -0.670. The summed E-state index contributed by atoms with van der Waals surface area (Å²) < 4.78 is 11.4. The van der Waals surface area contributed by atoms with Gasteiger partial charge in [0.15, 0.2) is 5.78 Å². The molecule has 0 spiro atoms. The van der Waals surface area contributed by atoms with Crippen LogP contribution in [0.3, 0.4) is 0 Å². The number of ketones is 1. The Labute approximate surface area is 211 Å². The zero-order valence-electron chi connectivity index (χ0n) is 21.0. The maximum absolute atomic E-state index is 13.6. The summed E-state index contributed by atoms with van der Waals surface area (Å²) in [6, 6.07) is 23.6. The summed E-state index contributed by atoms with van der Waals surface area (Å²) in [6.45, 7) is 6.44. The van der Waals surface area contributed by atoms with Crippen LogP contribution in [-0.4, -0.2) is 30.7 Å². The maximum Gasteiger partial charge on any atom is 0.315 e. The van der Waals surface area contributed by atoms with Crippen LogP contribution in [0.4, 0.5) is 0 Å². The van der Waals surface area contributed by atoms with E-state index in [1.54, 1.807) is 0 Å². The Balaban J connectivity index is 1.49. The van der Waals surface area contributed by atoms with Crippen LogP contribution in [0, 0.1) is 11.3 Å². The van der Waals surface area contributed by atoms with Gasteiger partial charge in [-0.3, -0.25) is 14.6 Å². The molecule has 3 aromatic carbocycles. The second-order valence-electron chi connectivity index (χ2n) is 10.4. The fourth-order valence-electron chi connectivity index (χ4n) is 5.52. The van der Waals surface area contributed by atoms with Crippen LogP contribution in [0.15, 0.2) is 89.1 Å². The van der Waals surface area contributed by atoms with Crippen molar-refractivity contribution in [1.29, 1.82) is 0 Å². The number of benzene rings is 3. The van der Waals surface area contributed by atoms with Gasteiger partial charge in [0.25, 0.3) is 0 Å². The minimum absolute atomic E-state index is 0.0700. The summed E-state index contributed by atoms with van der Waals surface area (Å²) in [5, 5.41) is 2.11. The Kier molecular flexibility index (Phi) is 6.48. The molecule has 0 radical (unpaired) electrons. The van der Waals surface area contributed by atoms with Crippen molar-refractivity contribution in [2.75, 3.05) is 13.2 Å². The van der Waals surface area contributed by atoms with Crippen molar-refractivity contribution in [3.8, 4) is 5.75 Å². The van der Waals surface area contributed by atoms with E-state index in [4.69, 9.17) is 14.5 Å². The van der Waals surface area contributed by atoms with Gasteiger partial charge in [-0.2, -0.15) is 0 Å². The van der Waals surface area contributed by atoms with Gasteiger partial charge in [-0.15, -0.1) is 0 Å². The van der Waals surface area contributed by atoms with Crippen molar-refractivity contribution in [3.05, 3.63) is 89.6 Å². The zero-order valence-corrected chi connectivity index (χ0v) is 21.0. The first-order chi connectivity index (χ1) is 17.3. The molecule has 0 saturated heterocycles. The van der Waals surface area contributed by atoms with Crippen LogP contribution in [0.2, 0.25) is 0 Å². The predicted octanol–water partition coefficient (Wildman–Crippen LogP) is 6.28. The third kappa shape index (κ3) is 4.70. The number of carbonyl (C=O) groups is 2. The molecule has 5 heteroatoms. The fourth-order valence-corrected chi connectivity index (χ4v) is 5.52. The van der Waals surface area contributed by atoms with E-state index in [9.17, 15) is 9.59 Å². The average Bonchev–Trinajstić information content (AvgIpc) is 2.85. The Morgan fingerprint density at radius 3 is 2.47 bits per heavy atom. The molecule has 1 aliphatic heterocycles. The van der Waals surface area contributed by atoms with Crippen LogP contribution in [0.25, 0.3) is 10.8 Å². The van der Waals surface area contributed by atoms with Gasteiger partial charge in [-0.05, 0) is 47.2 Å². The van der Waals surface area contributed by atoms with E-state index in [1.807, 2.05) is 61.5 Å². The van der Waals surface area contributed by atoms with E-state index < -0.39 is 11.8 Å². The Morgan fingerprint density at radius 1 is 0.944 bits per heavy atom. The molecule has 36 heavy (non-hydrogen) atoms. The number of nitrogens with zero attached hydrogens (tertiary/aromatic N) is 1. The fraction of sp³-hybridized carbons (Fsp3) is 0.323. The molecule has 0 bridgehead atoms. The van der Waals surface area contributed by atoms with Gasteiger partial charge in [0, 0.05) is 29.3 Å². The van der Waals surface area contributed by atoms with Gasteiger partial charge in [0.05, 0.1) is 0 Å². The highest BCUT2D eigenvalue weighted by Gasteiger charge is 2.46. The molecule has 184 valence electrons. The van der Waals surface area contributed by atoms with Crippen molar-refractivity contribution in [2.24, 2.45) is 16.3 Å². The van der Waals surface area contributed by atoms with Crippen LogP contribution < -0.4 is 4.74 Å². The Morgan fingerprint density at radius 2 is 1.67 bits per heavy atom. The molecular formula is C31H31NO4. The second-order valence-corrected chi connectivity index (χ2v) is 10.4. The number of ether oxygens (including phenoxy) is 2. The maximum atomic E-state index is 13.6. The first-order valence-corrected chi connectivity index (χ1v) is 12.5. The Bertz CT molecular complexity index is 1360. The third-order valence-corrected chi connectivity index (χ3v) is 7.05. The lowest BCUT2D eigenvalue weighted by Gasteiger charge is -2.39. The van der Waals surface area contributed by atoms with E-state index in [0.29, 0.717) is 24.1 Å². The molecule has 5 rings (SSSR count). The van der Waals surface area contributed by atoms with E-state index in [1.165, 1.54) is 0 Å². The molecule has 1 aliphatic carbocycles. The van der Waals surface area contributed by atoms with Crippen molar-refractivity contribution < 1.29 is 19.1 Å². The smallest absolute Gasteiger partial charge is 0.315 e. The van der Waals surface area contributed by atoms with Crippen LogP contribution in [0.5, 0.6) is 5.75 Å². The molecule has 2 aliphatic rings. The lowest BCUT2D eigenvalue weighted by molar-refractivity contribution is -0.147. The number of allylic oxidation sites excluding steroid dienone is 2. The third-order valence-electron chi connectivity index (χ3n) is 7.05. The first-order valence-electron chi connectivity index (χ1n) is 12.5. The highest BCUT2D eigenvalue weighted by Crippen LogP contribution is 2.49. The molecule has 1 unspecified atom stereocenters. The summed E-state index contributed by atoms with van der Waals surface area (Å²) in [7, 11) is 0. The normalized spacial score (nSPS) is 21.1. The topological polar surface area (TPSA) is 65.0 Å². The van der Waals surface area contributed by atoms with Gasteiger partial charge in [0.2, 0.25) is 0 Å². The van der Waals surface area contributed by atoms with Crippen molar-refractivity contribution in [2.45, 2.75) is 39.5 Å². The van der Waals surface area contributed by atoms with E-state index in [0.717, 1.165) is 27.8 Å². The number of para-hydroxylation sites is 1. The van der Waals surface area contributed by atoms with Gasteiger partial charge in [0.1, 0.15) is 24.9 Å². The van der Waals surface area contributed by atoms with E-state index in [2.05, 4.69) is 32.0 Å². The summed E-state index contributed by atoms with van der Waals surface area (Å²) in [5.74, 6) is -0.690. The molecule has 0 N–H and O–H groups in total. The van der Waals surface area contributed by atoms with Crippen LogP contribution in [-0.2, 0) is 14.3 Å². The predicted molar refractivity (Wildman–Crippen MR) is 141 cm³/mol. The molecule has 0 fully saturated rings. The highest BCUT2D eigenvalue weighted by atomic mass is 16.6. The van der Waals surface area contributed by atoms with E-state index in [-0.39, 0.29) is 30.4 Å². The molecule has 0 aromatic heterocycles. The van der Waals surface area contributed by atoms with Crippen LogP contribution >= 0.6 is 0 Å². The largest absolute Gasteiger partial charge is 0.490 e. The molecule has 0 amide bonds. The quantitative estimate of drug-likeness (QED) is 0.307. The number of carbonyl (C=O) groups excluding carboxylic acids is 2. The monoisotopic (exact) mass is 481 g/mol. The SMILES string of the molecule is CC1=NC2=C(C(=O)CC(C)(C)C2)[C@H](c2cccc3ccccc23)C1C(=O)OCCOc1ccccc1. The molecule has 2 atom stereocenters. The molecule has 5 nitrogen and oxygen atoms in total. The van der Waals surface area contributed by atoms with Gasteiger partial charge >= 0.3 is 5.97 Å². The number of hydrogen-bond acceptors (Lipinski definition) is 5. The number of aliphatic imine (C=N–C) groups is 1. The number of esters is 1. The highest BCUT2D eigenvalue weighted by molar-refractivity contribution is 6.10.